The zero-order valence-corrected chi connectivity index (χ0v) is 15.9. The average Bonchev–Trinajstić information content (AvgIpc) is 2.70. The number of nitrogens with one attached hydrogen (secondary N) is 1. The minimum absolute atomic E-state index is 0.150. The first-order chi connectivity index (χ1) is 13.0. The van der Waals surface area contributed by atoms with Crippen molar-refractivity contribution >= 4 is 11.9 Å². The van der Waals surface area contributed by atoms with Crippen LogP contribution in [0.2, 0.25) is 0 Å². The lowest BCUT2D eigenvalue weighted by Crippen LogP contribution is -2.28. The van der Waals surface area contributed by atoms with Gasteiger partial charge in [0.05, 0.1) is 18.7 Å². The zero-order valence-electron chi connectivity index (χ0n) is 15.9. The lowest BCUT2D eigenvalue weighted by Gasteiger charge is -2.21. The number of unbranched alkanes of at least 4 members (excludes halogenated alkanes) is 3. The number of carboxylic acids is 1. The summed E-state index contributed by atoms with van der Waals surface area (Å²) in [4.78, 5) is 24.1. The summed E-state index contributed by atoms with van der Waals surface area (Å²) in [6, 6.07) is 13.6. The van der Waals surface area contributed by atoms with E-state index < -0.39 is 5.97 Å². The number of amides is 1. The molecule has 0 aliphatic carbocycles. The Morgan fingerprint density at radius 2 is 1.78 bits per heavy atom. The second-order valence-electron chi connectivity index (χ2n) is 6.54. The maximum absolute atomic E-state index is 12.6. The van der Waals surface area contributed by atoms with E-state index in [1.807, 2.05) is 18.2 Å². The normalized spacial score (nSPS) is 11.6. The molecule has 0 aliphatic rings. The van der Waals surface area contributed by atoms with Crippen molar-refractivity contribution in [2.75, 3.05) is 7.11 Å². The Bertz CT molecular complexity index is 758. The fourth-order valence-electron chi connectivity index (χ4n) is 2.99. The van der Waals surface area contributed by atoms with Gasteiger partial charge in [0, 0.05) is 5.56 Å². The maximum atomic E-state index is 12.6. The molecule has 2 rings (SSSR count). The topological polar surface area (TPSA) is 75.6 Å². The van der Waals surface area contributed by atoms with Gasteiger partial charge in [0.15, 0.2) is 0 Å². The SMILES string of the molecule is CCCCCCC(NC(=O)c1ccccc1)c1cc(OC)cc(C(=O)O)c1. The largest absolute Gasteiger partial charge is 0.497 e. The molecular weight excluding hydrogens is 342 g/mol. The quantitative estimate of drug-likeness (QED) is 0.588. The van der Waals surface area contributed by atoms with Crippen LogP contribution in [0.5, 0.6) is 5.75 Å². The van der Waals surface area contributed by atoms with Gasteiger partial charge in [-0.2, -0.15) is 0 Å². The van der Waals surface area contributed by atoms with Gasteiger partial charge in [0.2, 0.25) is 0 Å². The molecule has 2 aromatic carbocycles. The van der Waals surface area contributed by atoms with Crippen LogP contribution in [0.1, 0.15) is 71.3 Å². The van der Waals surface area contributed by atoms with E-state index in [0.29, 0.717) is 11.3 Å². The van der Waals surface area contributed by atoms with E-state index in [2.05, 4.69) is 12.2 Å². The van der Waals surface area contributed by atoms with Gasteiger partial charge in [-0.25, -0.2) is 4.79 Å². The lowest BCUT2D eigenvalue weighted by atomic mass is 9.97. The van der Waals surface area contributed by atoms with Crippen molar-refractivity contribution in [1.82, 2.24) is 5.32 Å². The number of ether oxygens (including phenoxy) is 1. The smallest absolute Gasteiger partial charge is 0.335 e. The van der Waals surface area contributed by atoms with Gasteiger partial charge >= 0.3 is 5.97 Å². The number of hydrogen-bond donors (Lipinski definition) is 2. The Balaban J connectivity index is 2.27. The zero-order chi connectivity index (χ0) is 19.6. The molecule has 0 aromatic heterocycles. The Morgan fingerprint density at radius 1 is 1.04 bits per heavy atom. The Labute approximate surface area is 160 Å². The van der Waals surface area contributed by atoms with Crippen molar-refractivity contribution in [1.29, 1.82) is 0 Å². The third-order valence-corrected chi connectivity index (χ3v) is 4.50. The number of carboxylic acid groups (broad SMARTS) is 1. The first-order valence-corrected chi connectivity index (χ1v) is 9.33. The van der Waals surface area contributed by atoms with Gasteiger partial charge in [-0.05, 0) is 42.3 Å². The number of benzene rings is 2. The second-order valence-corrected chi connectivity index (χ2v) is 6.54. The predicted molar refractivity (Wildman–Crippen MR) is 105 cm³/mol. The highest BCUT2D eigenvalue weighted by Gasteiger charge is 2.18. The van der Waals surface area contributed by atoms with Crippen LogP contribution >= 0.6 is 0 Å². The number of aromatic carboxylic acids is 1. The molecule has 27 heavy (non-hydrogen) atoms. The second kappa shape index (κ2) is 10.4. The van der Waals surface area contributed by atoms with E-state index in [4.69, 9.17) is 4.74 Å². The van der Waals surface area contributed by atoms with Crippen LogP contribution in [0.4, 0.5) is 0 Å². The fourth-order valence-corrected chi connectivity index (χ4v) is 2.99. The van der Waals surface area contributed by atoms with Gasteiger partial charge in [0.1, 0.15) is 5.75 Å². The summed E-state index contributed by atoms with van der Waals surface area (Å²) in [7, 11) is 1.50. The first kappa shape index (κ1) is 20.5. The molecular formula is C22H27NO4. The molecule has 0 fully saturated rings. The number of carbonyl (C=O) groups is 2. The molecule has 2 N–H and O–H groups in total. The molecule has 0 heterocycles. The van der Waals surface area contributed by atoms with Crippen LogP contribution in [0.15, 0.2) is 48.5 Å². The molecule has 1 amide bonds. The Morgan fingerprint density at radius 3 is 2.41 bits per heavy atom. The van der Waals surface area contributed by atoms with Crippen molar-refractivity contribution in [2.45, 2.75) is 45.1 Å². The maximum Gasteiger partial charge on any atom is 0.335 e. The van der Waals surface area contributed by atoms with Crippen LogP contribution in [0.3, 0.4) is 0 Å². The van der Waals surface area contributed by atoms with E-state index in [9.17, 15) is 14.7 Å². The molecule has 0 saturated heterocycles. The van der Waals surface area contributed by atoms with Gasteiger partial charge in [-0.15, -0.1) is 0 Å². The van der Waals surface area contributed by atoms with Crippen LogP contribution in [-0.2, 0) is 0 Å². The highest BCUT2D eigenvalue weighted by molar-refractivity contribution is 5.94. The van der Waals surface area contributed by atoms with E-state index >= 15 is 0 Å². The summed E-state index contributed by atoms with van der Waals surface area (Å²) in [6.07, 6.45) is 5.03. The summed E-state index contributed by atoms with van der Waals surface area (Å²) >= 11 is 0. The van der Waals surface area contributed by atoms with E-state index in [1.54, 1.807) is 24.3 Å². The van der Waals surface area contributed by atoms with Crippen molar-refractivity contribution in [2.24, 2.45) is 0 Å². The molecule has 0 radical (unpaired) electrons. The predicted octanol–water partition coefficient (Wildman–Crippen LogP) is 4.83. The lowest BCUT2D eigenvalue weighted by molar-refractivity contribution is 0.0696. The molecule has 5 nitrogen and oxygen atoms in total. The summed E-state index contributed by atoms with van der Waals surface area (Å²) in [6.45, 7) is 2.15. The third kappa shape index (κ3) is 6.13. The molecule has 0 spiro atoms. The van der Waals surface area contributed by atoms with E-state index in [-0.39, 0.29) is 17.5 Å². The number of carbonyl (C=O) groups excluding carboxylic acids is 1. The fraction of sp³-hybridized carbons (Fsp3) is 0.364. The van der Waals surface area contributed by atoms with Gasteiger partial charge < -0.3 is 15.2 Å². The van der Waals surface area contributed by atoms with Crippen molar-refractivity contribution in [3.05, 3.63) is 65.2 Å². The molecule has 0 bridgehead atoms. The Hall–Kier alpha value is -2.82. The molecule has 1 unspecified atom stereocenters. The summed E-state index contributed by atoms with van der Waals surface area (Å²) in [5, 5.41) is 12.4. The van der Waals surface area contributed by atoms with Crippen LogP contribution in [0, 0.1) is 0 Å². The summed E-state index contributed by atoms with van der Waals surface area (Å²) in [5.74, 6) is -0.720. The molecule has 1 atom stereocenters. The average molecular weight is 369 g/mol. The molecule has 144 valence electrons. The molecule has 0 saturated carbocycles. The van der Waals surface area contributed by atoms with E-state index in [1.165, 1.54) is 13.2 Å². The summed E-state index contributed by atoms with van der Waals surface area (Å²) < 4.78 is 5.25. The van der Waals surface area contributed by atoms with Crippen molar-refractivity contribution in [3.8, 4) is 5.75 Å². The highest BCUT2D eigenvalue weighted by atomic mass is 16.5. The minimum Gasteiger partial charge on any atom is -0.497 e. The van der Waals surface area contributed by atoms with Crippen LogP contribution < -0.4 is 10.1 Å². The first-order valence-electron chi connectivity index (χ1n) is 9.33. The van der Waals surface area contributed by atoms with Crippen LogP contribution in [0.25, 0.3) is 0 Å². The standard InChI is InChI=1S/C22H27NO4/c1-3-4-5-9-12-20(23-21(24)16-10-7-6-8-11-16)17-13-18(22(25)26)15-19(14-17)27-2/h6-8,10-11,13-15,20H,3-5,9,12H2,1-2H3,(H,23,24)(H,25,26). The number of rotatable bonds is 10. The third-order valence-electron chi connectivity index (χ3n) is 4.50. The molecule has 0 aliphatic heterocycles. The monoisotopic (exact) mass is 369 g/mol. The van der Waals surface area contributed by atoms with E-state index in [0.717, 1.165) is 37.7 Å². The van der Waals surface area contributed by atoms with Crippen molar-refractivity contribution < 1.29 is 19.4 Å². The number of hydrogen-bond acceptors (Lipinski definition) is 3. The molecule has 5 heteroatoms. The number of methoxy groups -OCH3 is 1. The van der Waals surface area contributed by atoms with Gasteiger partial charge in [-0.1, -0.05) is 50.8 Å². The van der Waals surface area contributed by atoms with Gasteiger partial charge in [-0.3, -0.25) is 4.79 Å². The Kier molecular flexibility index (Phi) is 7.86. The highest BCUT2D eigenvalue weighted by Crippen LogP contribution is 2.26. The summed E-state index contributed by atoms with van der Waals surface area (Å²) in [5.41, 5.74) is 1.47. The minimum atomic E-state index is -1.02. The van der Waals surface area contributed by atoms with Crippen LogP contribution in [-0.4, -0.2) is 24.1 Å². The molecule has 2 aromatic rings. The van der Waals surface area contributed by atoms with Gasteiger partial charge in [0.25, 0.3) is 5.91 Å². The van der Waals surface area contributed by atoms with Crippen molar-refractivity contribution in [3.63, 3.8) is 0 Å².